The topological polar surface area (TPSA) is 9.23 Å². The van der Waals surface area contributed by atoms with Gasteiger partial charge in [0.2, 0.25) is 0 Å². The maximum absolute atomic E-state index is 5.88. The Balaban J connectivity index is 2.27. The Morgan fingerprint density at radius 3 is 2.19 bits per heavy atom. The summed E-state index contributed by atoms with van der Waals surface area (Å²) in [4.78, 5) is 0. The summed E-state index contributed by atoms with van der Waals surface area (Å²) in [5.74, 6) is 1.42. The predicted molar refractivity (Wildman–Crippen MR) is 67.7 cm³/mol. The third kappa shape index (κ3) is 2.91. The lowest BCUT2D eigenvalue weighted by Crippen LogP contribution is -1.84. The van der Waals surface area contributed by atoms with Crippen molar-refractivity contribution in [2.24, 2.45) is 0 Å². The fraction of sp³-hybridized carbons (Fsp3) is 0.0769. The number of halogens is 2. The molecule has 0 aromatic heterocycles. The molecule has 82 valence electrons. The first-order chi connectivity index (χ1) is 7.63. The fourth-order valence-electron chi connectivity index (χ4n) is 1.40. The second-order valence-corrected chi connectivity index (χ2v) is 4.40. The molecule has 0 radical (unpaired) electrons. The van der Waals surface area contributed by atoms with Crippen molar-refractivity contribution in [2.75, 3.05) is 0 Å². The molecule has 0 N–H and O–H groups in total. The molecule has 0 fully saturated rings. The first-order valence-electron chi connectivity index (χ1n) is 4.84. The standard InChI is InChI=1S/C13H10Cl2O/c1-9-3-2-4-12(5-9)16-13-7-10(14)6-11(15)8-13/h2-8H,1H3. The Hall–Kier alpha value is -1.18. The van der Waals surface area contributed by atoms with Gasteiger partial charge in [0.25, 0.3) is 0 Å². The number of aryl methyl sites for hydroxylation is 1. The highest BCUT2D eigenvalue weighted by Gasteiger charge is 2.01. The smallest absolute Gasteiger partial charge is 0.130 e. The monoisotopic (exact) mass is 252 g/mol. The van der Waals surface area contributed by atoms with Crippen molar-refractivity contribution in [1.29, 1.82) is 0 Å². The van der Waals surface area contributed by atoms with Gasteiger partial charge in [0, 0.05) is 10.0 Å². The molecule has 0 bridgehead atoms. The van der Waals surface area contributed by atoms with Gasteiger partial charge in [-0.3, -0.25) is 0 Å². The van der Waals surface area contributed by atoms with Crippen molar-refractivity contribution in [1.82, 2.24) is 0 Å². The number of ether oxygens (including phenoxy) is 1. The van der Waals surface area contributed by atoms with Gasteiger partial charge in [-0.15, -0.1) is 0 Å². The van der Waals surface area contributed by atoms with Gasteiger partial charge in [0.05, 0.1) is 0 Å². The van der Waals surface area contributed by atoms with Gasteiger partial charge in [-0.1, -0.05) is 35.3 Å². The van der Waals surface area contributed by atoms with Gasteiger partial charge in [-0.25, -0.2) is 0 Å². The minimum Gasteiger partial charge on any atom is -0.457 e. The molecule has 0 heterocycles. The molecule has 0 amide bonds. The summed E-state index contributed by atoms with van der Waals surface area (Å²) in [6, 6.07) is 12.9. The molecule has 3 heteroatoms. The summed E-state index contributed by atoms with van der Waals surface area (Å²) in [6.07, 6.45) is 0. The summed E-state index contributed by atoms with van der Waals surface area (Å²) in [6.45, 7) is 2.01. The van der Waals surface area contributed by atoms with E-state index in [-0.39, 0.29) is 0 Å². The average molecular weight is 253 g/mol. The quantitative estimate of drug-likeness (QED) is 0.723. The number of hydrogen-bond donors (Lipinski definition) is 0. The van der Waals surface area contributed by atoms with Crippen LogP contribution in [-0.2, 0) is 0 Å². The van der Waals surface area contributed by atoms with E-state index in [2.05, 4.69) is 0 Å². The molecule has 0 atom stereocenters. The highest BCUT2D eigenvalue weighted by Crippen LogP contribution is 2.28. The van der Waals surface area contributed by atoms with Gasteiger partial charge >= 0.3 is 0 Å². The first-order valence-corrected chi connectivity index (χ1v) is 5.60. The molecule has 0 saturated carbocycles. The van der Waals surface area contributed by atoms with E-state index in [0.29, 0.717) is 15.8 Å². The molecule has 0 spiro atoms. The van der Waals surface area contributed by atoms with Crippen LogP contribution in [-0.4, -0.2) is 0 Å². The summed E-state index contributed by atoms with van der Waals surface area (Å²) in [5, 5.41) is 1.13. The van der Waals surface area contributed by atoms with E-state index in [1.807, 2.05) is 31.2 Å². The van der Waals surface area contributed by atoms with Crippen molar-refractivity contribution in [3.05, 3.63) is 58.1 Å². The molecule has 2 aromatic carbocycles. The number of benzene rings is 2. The molecular weight excluding hydrogens is 243 g/mol. The van der Waals surface area contributed by atoms with E-state index < -0.39 is 0 Å². The second-order valence-electron chi connectivity index (χ2n) is 3.52. The molecule has 16 heavy (non-hydrogen) atoms. The van der Waals surface area contributed by atoms with Crippen LogP contribution in [0.5, 0.6) is 11.5 Å². The third-order valence-corrected chi connectivity index (χ3v) is 2.50. The van der Waals surface area contributed by atoms with Crippen LogP contribution in [0.1, 0.15) is 5.56 Å². The lowest BCUT2D eigenvalue weighted by molar-refractivity contribution is 0.482. The van der Waals surface area contributed by atoms with E-state index >= 15 is 0 Å². The Labute approximate surface area is 105 Å². The molecule has 0 aliphatic carbocycles. The van der Waals surface area contributed by atoms with E-state index in [1.54, 1.807) is 18.2 Å². The van der Waals surface area contributed by atoms with Crippen LogP contribution in [0.2, 0.25) is 10.0 Å². The van der Waals surface area contributed by atoms with Crippen LogP contribution >= 0.6 is 23.2 Å². The van der Waals surface area contributed by atoms with Crippen LogP contribution in [0, 0.1) is 6.92 Å². The average Bonchev–Trinajstić information content (AvgIpc) is 2.15. The van der Waals surface area contributed by atoms with E-state index in [1.165, 1.54) is 0 Å². The molecule has 2 aromatic rings. The van der Waals surface area contributed by atoms with Crippen molar-refractivity contribution >= 4 is 23.2 Å². The van der Waals surface area contributed by atoms with Gasteiger partial charge in [0.1, 0.15) is 11.5 Å². The van der Waals surface area contributed by atoms with Crippen LogP contribution in [0.25, 0.3) is 0 Å². The third-order valence-electron chi connectivity index (χ3n) is 2.06. The van der Waals surface area contributed by atoms with Crippen LogP contribution in [0.3, 0.4) is 0 Å². The van der Waals surface area contributed by atoms with Gasteiger partial charge in [-0.05, 0) is 42.8 Å². The predicted octanol–water partition coefficient (Wildman–Crippen LogP) is 5.09. The van der Waals surface area contributed by atoms with Crippen molar-refractivity contribution < 1.29 is 4.74 Å². The van der Waals surface area contributed by atoms with Crippen LogP contribution in [0.15, 0.2) is 42.5 Å². The Morgan fingerprint density at radius 1 is 0.875 bits per heavy atom. The van der Waals surface area contributed by atoms with Crippen molar-refractivity contribution in [3.8, 4) is 11.5 Å². The fourth-order valence-corrected chi connectivity index (χ4v) is 1.91. The van der Waals surface area contributed by atoms with E-state index in [9.17, 15) is 0 Å². The zero-order valence-electron chi connectivity index (χ0n) is 8.71. The Kier molecular flexibility index (Phi) is 3.37. The Bertz CT molecular complexity index is 489. The molecule has 0 unspecified atom stereocenters. The summed E-state index contributed by atoms with van der Waals surface area (Å²) in [5.41, 5.74) is 1.14. The highest BCUT2D eigenvalue weighted by molar-refractivity contribution is 6.34. The lowest BCUT2D eigenvalue weighted by atomic mass is 10.2. The van der Waals surface area contributed by atoms with Crippen LogP contribution in [0.4, 0.5) is 0 Å². The SMILES string of the molecule is Cc1cccc(Oc2cc(Cl)cc(Cl)c2)c1. The molecule has 2 rings (SSSR count). The highest BCUT2D eigenvalue weighted by atomic mass is 35.5. The lowest BCUT2D eigenvalue weighted by Gasteiger charge is -2.07. The number of rotatable bonds is 2. The first kappa shape index (κ1) is 11.3. The maximum atomic E-state index is 5.88. The Morgan fingerprint density at radius 2 is 1.56 bits per heavy atom. The van der Waals surface area contributed by atoms with Gasteiger partial charge in [0.15, 0.2) is 0 Å². The summed E-state index contributed by atoms with van der Waals surface area (Å²) >= 11 is 11.8. The van der Waals surface area contributed by atoms with Crippen LogP contribution < -0.4 is 4.74 Å². The molecule has 0 aliphatic heterocycles. The minimum absolute atomic E-state index is 0.565. The zero-order valence-corrected chi connectivity index (χ0v) is 10.2. The molecule has 1 nitrogen and oxygen atoms in total. The largest absolute Gasteiger partial charge is 0.457 e. The summed E-state index contributed by atoms with van der Waals surface area (Å²) in [7, 11) is 0. The van der Waals surface area contributed by atoms with Gasteiger partial charge < -0.3 is 4.74 Å². The van der Waals surface area contributed by atoms with Crippen molar-refractivity contribution in [2.45, 2.75) is 6.92 Å². The molecule has 0 saturated heterocycles. The van der Waals surface area contributed by atoms with Crippen molar-refractivity contribution in [3.63, 3.8) is 0 Å². The molecule has 0 aliphatic rings. The number of hydrogen-bond acceptors (Lipinski definition) is 1. The van der Waals surface area contributed by atoms with Gasteiger partial charge in [-0.2, -0.15) is 0 Å². The normalized spacial score (nSPS) is 10.2. The molecular formula is C13H10Cl2O. The zero-order chi connectivity index (χ0) is 11.5. The summed E-state index contributed by atoms with van der Waals surface area (Å²) < 4.78 is 5.65. The van der Waals surface area contributed by atoms with E-state index in [4.69, 9.17) is 27.9 Å². The van der Waals surface area contributed by atoms with E-state index in [0.717, 1.165) is 11.3 Å². The maximum Gasteiger partial charge on any atom is 0.130 e. The minimum atomic E-state index is 0.565. The second kappa shape index (κ2) is 4.77.